The molecular formula is C17H17FN2O3. The highest BCUT2D eigenvalue weighted by atomic mass is 19.1. The van der Waals surface area contributed by atoms with Crippen molar-refractivity contribution in [2.24, 2.45) is 0 Å². The standard InChI is InChI=1S/C17H17FN2O3/c1-9(7-19-2)11-6-15-12(5-14(11)18)16(21)13(17(22)23)8-20(15)10-3-4-10/h5-6,8,10,19H,1,3-4,7H2,2H3,(H,22,23). The molecule has 2 aromatic rings. The Balaban J connectivity index is 2.32. The van der Waals surface area contributed by atoms with Crippen molar-refractivity contribution in [3.63, 3.8) is 0 Å². The van der Waals surface area contributed by atoms with Crippen LogP contribution >= 0.6 is 0 Å². The highest BCUT2D eigenvalue weighted by Gasteiger charge is 2.27. The predicted octanol–water partition coefficient (Wildman–Crippen LogP) is 2.41. The van der Waals surface area contributed by atoms with Crippen molar-refractivity contribution < 1.29 is 14.3 Å². The third-order valence-corrected chi connectivity index (χ3v) is 4.06. The number of carbonyl (C=O) groups is 1. The number of fused-ring (bicyclic) bond motifs is 1. The Bertz CT molecular complexity index is 882. The second kappa shape index (κ2) is 5.62. The minimum atomic E-state index is -1.30. The zero-order valence-corrected chi connectivity index (χ0v) is 12.7. The summed E-state index contributed by atoms with van der Waals surface area (Å²) in [7, 11) is 1.74. The number of hydrogen-bond donors (Lipinski definition) is 2. The second-order valence-electron chi connectivity index (χ2n) is 5.80. The van der Waals surface area contributed by atoms with Gasteiger partial charge in [-0.25, -0.2) is 9.18 Å². The number of nitrogens with zero attached hydrogens (tertiary/aromatic N) is 1. The van der Waals surface area contributed by atoms with Gasteiger partial charge in [0.15, 0.2) is 0 Å². The number of benzene rings is 1. The summed E-state index contributed by atoms with van der Waals surface area (Å²) in [6.45, 7) is 4.28. The van der Waals surface area contributed by atoms with E-state index in [2.05, 4.69) is 11.9 Å². The van der Waals surface area contributed by atoms with Gasteiger partial charge >= 0.3 is 5.97 Å². The summed E-state index contributed by atoms with van der Waals surface area (Å²) in [5.74, 6) is -1.87. The third-order valence-electron chi connectivity index (χ3n) is 4.06. The first-order chi connectivity index (χ1) is 10.9. The van der Waals surface area contributed by atoms with Crippen LogP contribution in [0.1, 0.15) is 34.8 Å². The van der Waals surface area contributed by atoms with Crippen LogP contribution in [0.15, 0.2) is 29.7 Å². The zero-order valence-electron chi connectivity index (χ0n) is 12.7. The smallest absolute Gasteiger partial charge is 0.341 e. The molecule has 120 valence electrons. The zero-order chi connectivity index (χ0) is 16.7. The maximum atomic E-state index is 14.4. The monoisotopic (exact) mass is 316 g/mol. The van der Waals surface area contributed by atoms with Gasteiger partial charge < -0.3 is 15.0 Å². The summed E-state index contributed by atoms with van der Waals surface area (Å²) < 4.78 is 16.1. The number of rotatable bonds is 5. The highest BCUT2D eigenvalue weighted by Crippen LogP contribution is 2.37. The number of carboxylic acid groups (broad SMARTS) is 1. The molecule has 1 fully saturated rings. The second-order valence-corrected chi connectivity index (χ2v) is 5.80. The Labute approximate surface area is 132 Å². The van der Waals surface area contributed by atoms with Crippen molar-refractivity contribution in [1.29, 1.82) is 0 Å². The SMILES string of the molecule is C=C(CNC)c1cc2c(cc1F)c(=O)c(C(=O)O)cn2C1CC1. The lowest BCUT2D eigenvalue weighted by Crippen LogP contribution is -2.19. The fourth-order valence-corrected chi connectivity index (χ4v) is 2.76. The molecule has 0 aliphatic heterocycles. The molecule has 1 aliphatic carbocycles. The number of aromatic nitrogens is 1. The number of halogens is 1. The summed E-state index contributed by atoms with van der Waals surface area (Å²) in [5.41, 5.74) is 0.476. The fraction of sp³-hybridized carbons (Fsp3) is 0.294. The Morgan fingerprint density at radius 1 is 1.43 bits per heavy atom. The molecular weight excluding hydrogens is 299 g/mol. The van der Waals surface area contributed by atoms with Gasteiger partial charge in [-0.15, -0.1) is 0 Å². The molecule has 1 aromatic heterocycles. The van der Waals surface area contributed by atoms with Crippen molar-refractivity contribution in [2.45, 2.75) is 18.9 Å². The number of aromatic carboxylic acids is 1. The number of nitrogens with one attached hydrogen (secondary N) is 1. The first-order valence-electron chi connectivity index (χ1n) is 7.38. The molecule has 1 aliphatic rings. The van der Waals surface area contributed by atoms with E-state index in [1.54, 1.807) is 17.7 Å². The van der Waals surface area contributed by atoms with Crippen molar-refractivity contribution in [2.75, 3.05) is 13.6 Å². The van der Waals surface area contributed by atoms with Gasteiger partial charge in [0, 0.05) is 29.7 Å². The van der Waals surface area contributed by atoms with E-state index < -0.39 is 17.2 Å². The average molecular weight is 316 g/mol. The van der Waals surface area contributed by atoms with Crippen LogP contribution in [-0.2, 0) is 0 Å². The Morgan fingerprint density at radius 2 is 2.13 bits per heavy atom. The quantitative estimate of drug-likeness (QED) is 0.888. The number of likely N-dealkylation sites (N-methyl/N-ethyl adjacent to an activating group) is 1. The van der Waals surface area contributed by atoms with E-state index in [1.165, 1.54) is 6.20 Å². The Kier molecular flexibility index (Phi) is 3.77. The van der Waals surface area contributed by atoms with Gasteiger partial charge in [-0.2, -0.15) is 0 Å². The normalized spacial score (nSPS) is 14.2. The molecule has 1 saturated carbocycles. The summed E-state index contributed by atoms with van der Waals surface area (Å²) >= 11 is 0. The van der Waals surface area contributed by atoms with E-state index in [4.69, 9.17) is 0 Å². The van der Waals surface area contributed by atoms with Gasteiger partial charge in [0.05, 0.1) is 5.52 Å². The van der Waals surface area contributed by atoms with Gasteiger partial charge in [-0.05, 0) is 37.6 Å². The largest absolute Gasteiger partial charge is 0.477 e. The number of hydrogen-bond acceptors (Lipinski definition) is 3. The van der Waals surface area contributed by atoms with Crippen LogP contribution in [0.5, 0.6) is 0 Å². The molecule has 23 heavy (non-hydrogen) atoms. The van der Waals surface area contributed by atoms with E-state index in [-0.39, 0.29) is 17.0 Å². The number of pyridine rings is 1. The average Bonchev–Trinajstić information content (AvgIpc) is 3.32. The summed E-state index contributed by atoms with van der Waals surface area (Å²) in [6.07, 6.45) is 3.20. The summed E-state index contributed by atoms with van der Waals surface area (Å²) in [6, 6.07) is 2.88. The third kappa shape index (κ3) is 2.66. The number of carboxylic acids is 1. The highest BCUT2D eigenvalue weighted by molar-refractivity contribution is 5.93. The van der Waals surface area contributed by atoms with E-state index in [0.29, 0.717) is 23.2 Å². The summed E-state index contributed by atoms with van der Waals surface area (Å²) in [4.78, 5) is 23.6. The first kappa shape index (κ1) is 15.4. The lowest BCUT2D eigenvalue weighted by molar-refractivity contribution is 0.0695. The van der Waals surface area contributed by atoms with Gasteiger partial charge in [-0.3, -0.25) is 4.79 Å². The minimum Gasteiger partial charge on any atom is -0.477 e. The fourth-order valence-electron chi connectivity index (χ4n) is 2.76. The van der Waals surface area contributed by atoms with Gasteiger partial charge in [-0.1, -0.05) is 6.58 Å². The maximum Gasteiger partial charge on any atom is 0.341 e. The van der Waals surface area contributed by atoms with Crippen LogP contribution in [0, 0.1) is 5.82 Å². The van der Waals surface area contributed by atoms with Crippen molar-refractivity contribution in [3.05, 3.63) is 52.1 Å². The van der Waals surface area contributed by atoms with Crippen LogP contribution in [-0.4, -0.2) is 29.2 Å². The molecule has 1 aromatic carbocycles. The van der Waals surface area contributed by atoms with E-state index in [0.717, 1.165) is 18.9 Å². The van der Waals surface area contributed by atoms with E-state index in [1.807, 2.05) is 0 Å². The molecule has 0 bridgehead atoms. The van der Waals surface area contributed by atoms with Gasteiger partial charge in [0.1, 0.15) is 11.4 Å². The molecule has 0 spiro atoms. The van der Waals surface area contributed by atoms with Crippen LogP contribution in [0.3, 0.4) is 0 Å². The first-order valence-corrected chi connectivity index (χ1v) is 7.38. The lowest BCUT2D eigenvalue weighted by Gasteiger charge is -2.14. The van der Waals surface area contributed by atoms with Crippen molar-refractivity contribution in [1.82, 2.24) is 9.88 Å². The van der Waals surface area contributed by atoms with Crippen LogP contribution in [0.4, 0.5) is 4.39 Å². The topological polar surface area (TPSA) is 71.3 Å². The predicted molar refractivity (Wildman–Crippen MR) is 86.4 cm³/mol. The van der Waals surface area contributed by atoms with E-state index in [9.17, 15) is 19.1 Å². The van der Waals surface area contributed by atoms with Gasteiger partial charge in [0.2, 0.25) is 5.43 Å². The molecule has 3 rings (SSSR count). The molecule has 2 N–H and O–H groups in total. The summed E-state index contributed by atoms with van der Waals surface area (Å²) in [5, 5.41) is 12.2. The molecule has 1 heterocycles. The molecule has 5 nitrogen and oxygen atoms in total. The molecule has 0 amide bonds. The minimum absolute atomic E-state index is 0.0929. The molecule has 6 heteroatoms. The van der Waals surface area contributed by atoms with Crippen LogP contribution in [0.25, 0.3) is 16.5 Å². The Morgan fingerprint density at radius 3 is 2.70 bits per heavy atom. The maximum absolute atomic E-state index is 14.4. The molecule has 0 unspecified atom stereocenters. The molecule has 0 saturated heterocycles. The molecule has 0 atom stereocenters. The van der Waals surface area contributed by atoms with E-state index >= 15 is 0 Å². The molecule has 0 radical (unpaired) electrons. The Hall–Kier alpha value is -2.47. The van der Waals surface area contributed by atoms with Crippen molar-refractivity contribution in [3.8, 4) is 0 Å². The van der Waals surface area contributed by atoms with Gasteiger partial charge in [0.25, 0.3) is 0 Å². The van der Waals surface area contributed by atoms with Crippen LogP contribution < -0.4 is 10.7 Å². The van der Waals surface area contributed by atoms with Crippen LogP contribution in [0.2, 0.25) is 0 Å². The lowest BCUT2D eigenvalue weighted by atomic mass is 10.0. The van der Waals surface area contributed by atoms with Crippen molar-refractivity contribution >= 4 is 22.4 Å².